The highest BCUT2D eigenvalue weighted by Crippen LogP contribution is 2.27. The number of ether oxygens (including phenoxy) is 1. The molecule has 172 valence electrons. The van der Waals surface area contributed by atoms with Gasteiger partial charge >= 0.3 is 0 Å². The maximum absolute atomic E-state index is 13.3. The number of benzene rings is 2. The van der Waals surface area contributed by atoms with Gasteiger partial charge in [-0.25, -0.2) is 0 Å². The Morgan fingerprint density at radius 2 is 1.61 bits per heavy atom. The van der Waals surface area contributed by atoms with Crippen molar-refractivity contribution in [3.8, 4) is 6.07 Å². The zero-order valence-electron chi connectivity index (χ0n) is 18.6. The average molecular weight is 465 g/mol. The van der Waals surface area contributed by atoms with Crippen LogP contribution < -0.4 is 0 Å². The molecule has 2 amide bonds. The Labute approximate surface area is 198 Å². The summed E-state index contributed by atoms with van der Waals surface area (Å²) in [5, 5.41) is 8.95. The van der Waals surface area contributed by atoms with Crippen molar-refractivity contribution in [3.05, 3.63) is 65.2 Å². The molecule has 0 aromatic heterocycles. The molecule has 2 aliphatic rings. The SMILES string of the molecule is N#Cc1ccc(CSc2ccccc2C(=O)N2CCN(CC(=O)N3CCOCC3)CC2)cc1. The summed E-state index contributed by atoms with van der Waals surface area (Å²) in [6.45, 7) is 5.56. The van der Waals surface area contributed by atoms with Crippen LogP contribution in [-0.4, -0.2) is 85.5 Å². The Hall–Kier alpha value is -2.86. The van der Waals surface area contributed by atoms with Gasteiger partial charge < -0.3 is 14.5 Å². The fourth-order valence-electron chi connectivity index (χ4n) is 3.99. The van der Waals surface area contributed by atoms with Crippen molar-refractivity contribution in [1.82, 2.24) is 14.7 Å². The lowest BCUT2D eigenvalue weighted by Crippen LogP contribution is -2.52. The number of rotatable bonds is 6. The van der Waals surface area contributed by atoms with E-state index in [0.717, 1.165) is 16.2 Å². The van der Waals surface area contributed by atoms with E-state index < -0.39 is 0 Å². The van der Waals surface area contributed by atoms with Gasteiger partial charge in [0.05, 0.1) is 37.0 Å². The molecule has 0 radical (unpaired) electrons. The van der Waals surface area contributed by atoms with Crippen molar-refractivity contribution >= 4 is 23.6 Å². The van der Waals surface area contributed by atoms with E-state index in [-0.39, 0.29) is 11.8 Å². The van der Waals surface area contributed by atoms with Gasteiger partial charge in [-0.15, -0.1) is 11.8 Å². The van der Waals surface area contributed by atoms with Crippen LogP contribution >= 0.6 is 11.8 Å². The predicted molar refractivity (Wildman–Crippen MR) is 127 cm³/mol. The molecule has 0 bridgehead atoms. The van der Waals surface area contributed by atoms with Crippen LogP contribution in [0.5, 0.6) is 0 Å². The molecule has 2 fully saturated rings. The van der Waals surface area contributed by atoms with Gasteiger partial charge in [0.2, 0.25) is 5.91 Å². The normalized spacial score (nSPS) is 16.9. The number of carbonyl (C=O) groups is 2. The van der Waals surface area contributed by atoms with E-state index in [4.69, 9.17) is 10.00 Å². The summed E-state index contributed by atoms with van der Waals surface area (Å²) < 4.78 is 5.32. The fraction of sp³-hybridized carbons (Fsp3) is 0.400. The Balaban J connectivity index is 1.31. The van der Waals surface area contributed by atoms with Gasteiger partial charge in [-0.1, -0.05) is 24.3 Å². The first kappa shape index (κ1) is 23.3. The molecular formula is C25H28N4O3S. The Bertz CT molecular complexity index is 1010. The van der Waals surface area contributed by atoms with Crippen LogP contribution in [-0.2, 0) is 15.3 Å². The molecule has 8 heteroatoms. The van der Waals surface area contributed by atoms with Crippen LogP contribution in [0.1, 0.15) is 21.5 Å². The number of nitriles is 1. The molecule has 0 aliphatic carbocycles. The first-order valence-corrected chi connectivity index (χ1v) is 12.2. The van der Waals surface area contributed by atoms with Gasteiger partial charge in [0, 0.05) is 49.9 Å². The summed E-state index contributed by atoms with van der Waals surface area (Å²) in [4.78, 5) is 32.6. The van der Waals surface area contributed by atoms with Crippen LogP contribution in [0.4, 0.5) is 0 Å². The highest BCUT2D eigenvalue weighted by Gasteiger charge is 2.26. The molecule has 2 aromatic carbocycles. The standard InChI is InChI=1S/C25H28N4O3S/c26-17-20-5-7-21(8-6-20)19-33-23-4-2-1-3-22(23)25(31)29-11-9-27(10-12-29)18-24(30)28-13-15-32-16-14-28/h1-8H,9-16,18-19H2. The zero-order chi connectivity index (χ0) is 23.0. The summed E-state index contributed by atoms with van der Waals surface area (Å²) in [6, 6.07) is 17.4. The van der Waals surface area contributed by atoms with Gasteiger partial charge in [0.15, 0.2) is 0 Å². The van der Waals surface area contributed by atoms with Crippen LogP contribution in [0.3, 0.4) is 0 Å². The Kier molecular flexibility index (Phi) is 8.00. The smallest absolute Gasteiger partial charge is 0.255 e. The molecule has 33 heavy (non-hydrogen) atoms. The number of hydrogen-bond donors (Lipinski definition) is 0. The number of piperazine rings is 1. The molecule has 0 unspecified atom stereocenters. The van der Waals surface area contributed by atoms with E-state index in [2.05, 4.69) is 11.0 Å². The van der Waals surface area contributed by atoms with Crippen molar-refractivity contribution in [3.63, 3.8) is 0 Å². The summed E-state index contributed by atoms with van der Waals surface area (Å²) >= 11 is 1.63. The number of hydrogen-bond acceptors (Lipinski definition) is 6. The Morgan fingerprint density at radius 1 is 0.909 bits per heavy atom. The van der Waals surface area contributed by atoms with Gasteiger partial charge in [-0.2, -0.15) is 5.26 Å². The van der Waals surface area contributed by atoms with E-state index in [1.807, 2.05) is 58.3 Å². The molecule has 4 rings (SSSR count). The van der Waals surface area contributed by atoms with Gasteiger partial charge in [-0.05, 0) is 29.8 Å². The average Bonchev–Trinajstić information content (AvgIpc) is 2.88. The zero-order valence-corrected chi connectivity index (χ0v) is 19.4. The minimum absolute atomic E-state index is 0.0390. The molecule has 2 aliphatic heterocycles. The molecule has 2 heterocycles. The van der Waals surface area contributed by atoms with Crippen molar-refractivity contribution < 1.29 is 14.3 Å². The van der Waals surface area contributed by atoms with Gasteiger partial charge in [-0.3, -0.25) is 14.5 Å². The second-order valence-corrected chi connectivity index (χ2v) is 9.17. The predicted octanol–water partition coefficient (Wildman–Crippen LogP) is 2.47. The summed E-state index contributed by atoms with van der Waals surface area (Å²) in [5.74, 6) is 0.910. The van der Waals surface area contributed by atoms with Crippen molar-refractivity contribution in [2.45, 2.75) is 10.6 Å². The lowest BCUT2D eigenvalue weighted by Gasteiger charge is -2.36. The van der Waals surface area contributed by atoms with Crippen LogP contribution in [0, 0.1) is 11.3 Å². The molecule has 0 N–H and O–H groups in total. The van der Waals surface area contributed by atoms with Crippen LogP contribution in [0.2, 0.25) is 0 Å². The second-order valence-electron chi connectivity index (χ2n) is 8.16. The minimum atomic E-state index is 0.0390. The van der Waals surface area contributed by atoms with E-state index in [9.17, 15) is 9.59 Å². The lowest BCUT2D eigenvalue weighted by atomic mass is 10.1. The van der Waals surface area contributed by atoms with E-state index in [0.29, 0.717) is 70.2 Å². The van der Waals surface area contributed by atoms with Crippen molar-refractivity contribution in [2.24, 2.45) is 0 Å². The molecule has 2 aromatic rings. The second kappa shape index (κ2) is 11.3. The topological polar surface area (TPSA) is 76.9 Å². The third kappa shape index (κ3) is 6.14. The lowest BCUT2D eigenvalue weighted by molar-refractivity contribution is -0.136. The van der Waals surface area contributed by atoms with E-state index in [1.165, 1.54) is 0 Å². The van der Waals surface area contributed by atoms with E-state index in [1.54, 1.807) is 11.8 Å². The van der Waals surface area contributed by atoms with Gasteiger partial charge in [0.1, 0.15) is 0 Å². The van der Waals surface area contributed by atoms with Crippen LogP contribution in [0.25, 0.3) is 0 Å². The molecule has 0 saturated carbocycles. The molecule has 0 atom stereocenters. The summed E-state index contributed by atoms with van der Waals surface area (Å²) in [5.41, 5.74) is 2.47. The van der Waals surface area contributed by atoms with Crippen molar-refractivity contribution in [1.29, 1.82) is 5.26 Å². The molecule has 0 spiro atoms. The Morgan fingerprint density at radius 3 is 2.30 bits per heavy atom. The number of amides is 2. The number of morpholine rings is 1. The number of carbonyl (C=O) groups excluding carboxylic acids is 2. The number of nitrogens with zero attached hydrogens (tertiary/aromatic N) is 4. The van der Waals surface area contributed by atoms with E-state index >= 15 is 0 Å². The quantitative estimate of drug-likeness (QED) is 0.612. The highest BCUT2D eigenvalue weighted by molar-refractivity contribution is 7.98. The van der Waals surface area contributed by atoms with Gasteiger partial charge in [0.25, 0.3) is 5.91 Å². The summed E-state index contributed by atoms with van der Waals surface area (Å²) in [6.07, 6.45) is 0. The first-order valence-electron chi connectivity index (χ1n) is 11.2. The van der Waals surface area contributed by atoms with Crippen LogP contribution in [0.15, 0.2) is 53.4 Å². The highest BCUT2D eigenvalue weighted by atomic mass is 32.2. The third-order valence-electron chi connectivity index (χ3n) is 5.98. The maximum atomic E-state index is 13.3. The first-order chi connectivity index (χ1) is 16.1. The largest absolute Gasteiger partial charge is 0.378 e. The molecular weight excluding hydrogens is 436 g/mol. The van der Waals surface area contributed by atoms with Crippen molar-refractivity contribution in [2.75, 3.05) is 59.0 Å². The summed E-state index contributed by atoms with van der Waals surface area (Å²) in [7, 11) is 0. The molecule has 7 nitrogen and oxygen atoms in total. The minimum Gasteiger partial charge on any atom is -0.378 e. The monoisotopic (exact) mass is 464 g/mol. The fourth-order valence-corrected chi connectivity index (χ4v) is 4.99. The maximum Gasteiger partial charge on any atom is 0.255 e. The third-order valence-corrected chi connectivity index (χ3v) is 7.12. The molecule has 2 saturated heterocycles. The number of thioether (sulfide) groups is 1.